The monoisotopic (exact) mass is 236 g/mol. The Balaban J connectivity index is 1.97. The Kier molecular flexibility index (Phi) is 3.58. The van der Waals surface area contributed by atoms with E-state index in [9.17, 15) is 9.90 Å². The summed E-state index contributed by atoms with van der Waals surface area (Å²) in [6, 6.07) is 3.67. The number of amides is 1. The van der Waals surface area contributed by atoms with E-state index in [1.54, 1.807) is 17.2 Å². The molecule has 0 radical (unpaired) electrons. The van der Waals surface area contributed by atoms with Gasteiger partial charge in [0.1, 0.15) is 0 Å². The average molecular weight is 236 g/mol. The molecule has 1 fully saturated rings. The van der Waals surface area contributed by atoms with Crippen LogP contribution in [0, 0.1) is 0 Å². The van der Waals surface area contributed by atoms with E-state index in [0.717, 1.165) is 5.56 Å². The maximum Gasteiger partial charge on any atom is 0.225 e. The average Bonchev–Trinajstić information content (AvgIpc) is 2.61. The van der Waals surface area contributed by atoms with Gasteiger partial charge in [0.2, 0.25) is 11.8 Å². The molecule has 1 aliphatic heterocycles. The predicted octanol–water partition coefficient (Wildman–Crippen LogP) is 0.573. The van der Waals surface area contributed by atoms with Crippen LogP contribution in [-0.4, -0.2) is 40.2 Å². The number of β-amino-alcohol motifs (C(OH)–C–C–N with tert-alkyl or cyclic N) is 1. The molecule has 1 aromatic heterocycles. The summed E-state index contributed by atoms with van der Waals surface area (Å²) in [5.41, 5.74) is 0.941. The number of likely N-dealkylation sites (tertiary alicyclic amines) is 1. The van der Waals surface area contributed by atoms with E-state index in [2.05, 4.69) is 4.98 Å². The van der Waals surface area contributed by atoms with Crippen molar-refractivity contribution >= 4 is 5.91 Å². The normalized spacial score (nSPS) is 19.8. The van der Waals surface area contributed by atoms with Crippen molar-refractivity contribution in [3.63, 3.8) is 0 Å². The summed E-state index contributed by atoms with van der Waals surface area (Å²) in [6.07, 6.45) is 1.39. The molecule has 0 spiro atoms. The Bertz CT molecular complexity index is 391. The van der Waals surface area contributed by atoms with Crippen LogP contribution >= 0.6 is 0 Å². The molecule has 2 rings (SSSR count). The number of hydrogen-bond donors (Lipinski definition) is 1. The lowest BCUT2D eigenvalue weighted by molar-refractivity contribution is -0.128. The van der Waals surface area contributed by atoms with E-state index >= 15 is 0 Å². The van der Waals surface area contributed by atoms with Crippen LogP contribution in [0.4, 0.5) is 0 Å². The van der Waals surface area contributed by atoms with Crippen LogP contribution < -0.4 is 4.74 Å². The molecule has 2 heterocycles. The highest BCUT2D eigenvalue weighted by Gasteiger charge is 2.27. The van der Waals surface area contributed by atoms with E-state index in [-0.39, 0.29) is 12.3 Å². The maximum absolute atomic E-state index is 11.5. The molecule has 1 atom stereocenters. The van der Waals surface area contributed by atoms with E-state index < -0.39 is 6.10 Å². The second-order valence-electron chi connectivity index (χ2n) is 4.07. The van der Waals surface area contributed by atoms with Crippen molar-refractivity contribution in [2.24, 2.45) is 0 Å². The van der Waals surface area contributed by atoms with Gasteiger partial charge in [0.15, 0.2) is 0 Å². The molecule has 1 unspecified atom stereocenters. The number of carbonyl (C=O) groups is 1. The Morgan fingerprint density at radius 3 is 2.94 bits per heavy atom. The molecule has 0 bridgehead atoms. The first-order valence-corrected chi connectivity index (χ1v) is 5.72. The molecule has 1 amide bonds. The van der Waals surface area contributed by atoms with Crippen LogP contribution in [0.2, 0.25) is 0 Å². The summed E-state index contributed by atoms with van der Waals surface area (Å²) < 4.78 is 5.24. The molecule has 0 aromatic carbocycles. The van der Waals surface area contributed by atoms with Gasteiger partial charge in [-0.05, 0) is 12.5 Å². The molecular weight excluding hydrogens is 220 g/mol. The zero-order valence-electron chi connectivity index (χ0n) is 9.80. The number of nitrogens with zero attached hydrogens (tertiary/aromatic N) is 2. The first-order valence-electron chi connectivity index (χ1n) is 5.72. The third kappa shape index (κ3) is 2.94. The van der Waals surface area contributed by atoms with Gasteiger partial charge in [-0.2, -0.15) is 0 Å². The number of ether oxygens (including phenoxy) is 1. The number of pyridine rings is 1. The van der Waals surface area contributed by atoms with Gasteiger partial charge in [-0.25, -0.2) is 4.98 Å². The second-order valence-corrected chi connectivity index (χ2v) is 4.07. The predicted molar refractivity (Wildman–Crippen MR) is 61.4 cm³/mol. The lowest BCUT2D eigenvalue weighted by atomic mass is 10.2. The molecule has 1 aromatic rings. The largest absolute Gasteiger partial charge is 0.478 e. The fourth-order valence-electron chi connectivity index (χ4n) is 1.86. The molecule has 1 saturated heterocycles. The van der Waals surface area contributed by atoms with Crippen molar-refractivity contribution in [2.45, 2.75) is 26.0 Å². The smallest absolute Gasteiger partial charge is 0.225 e. The number of aliphatic hydroxyl groups is 1. The van der Waals surface area contributed by atoms with Crippen LogP contribution in [0.5, 0.6) is 5.88 Å². The first kappa shape index (κ1) is 11.9. The number of hydrogen-bond acceptors (Lipinski definition) is 4. The minimum atomic E-state index is -0.529. The number of carbonyl (C=O) groups excluding carboxylic acids is 1. The quantitative estimate of drug-likeness (QED) is 0.830. The van der Waals surface area contributed by atoms with Crippen molar-refractivity contribution in [3.8, 4) is 5.88 Å². The molecular formula is C12H16N2O3. The molecule has 92 valence electrons. The highest BCUT2D eigenvalue weighted by molar-refractivity contribution is 5.78. The van der Waals surface area contributed by atoms with Crippen molar-refractivity contribution in [1.82, 2.24) is 9.88 Å². The Labute approximate surface area is 100 Å². The minimum absolute atomic E-state index is 0.00798. The fraction of sp³-hybridized carbons (Fsp3) is 0.500. The van der Waals surface area contributed by atoms with Gasteiger partial charge in [-0.3, -0.25) is 4.79 Å². The summed E-state index contributed by atoms with van der Waals surface area (Å²) in [7, 11) is 0. The van der Waals surface area contributed by atoms with Gasteiger partial charge in [-0.15, -0.1) is 0 Å². The molecule has 1 aliphatic rings. The summed E-state index contributed by atoms with van der Waals surface area (Å²) >= 11 is 0. The number of rotatable bonds is 4. The number of aliphatic hydroxyl groups excluding tert-OH is 1. The Morgan fingerprint density at radius 2 is 2.41 bits per heavy atom. The summed E-state index contributed by atoms with van der Waals surface area (Å²) in [6.45, 7) is 3.39. The second kappa shape index (κ2) is 5.14. The number of aromatic nitrogens is 1. The molecule has 0 saturated carbocycles. The Morgan fingerprint density at radius 1 is 1.59 bits per heavy atom. The fourth-order valence-corrected chi connectivity index (χ4v) is 1.86. The van der Waals surface area contributed by atoms with Crippen LogP contribution in [0.1, 0.15) is 18.9 Å². The van der Waals surface area contributed by atoms with Crippen LogP contribution in [0.25, 0.3) is 0 Å². The Hall–Kier alpha value is -1.62. The summed E-state index contributed by atoms with van der Waals surface area (Å²) in [5, 5.41) is 9.36. The van der Waals surface area contributed by atoms with Crippen molar-refractivity contribution in [3.05, 3.63) is 23.9 Å². The maximum atomic E-state index is 11.5. The summed E-state index contributed by atoms with van der Waals surface area (Å²) in [5.74, 6) is 0.579. The zero-order valence-corrected chi connectivity index (χ0v) is 9.80. The molecule has 17 heavy (non-hydrogen) atoms. The minimum Gasteiger partial charge on any atom is -0.478 e. The van der Waals surface area contributed by atoms with Crippen molar-refractivity contribution < 1.29 is 14.6 Å². The van der Waals surface area contributed by atoms with Crippen molar-refractivity contribution in [2.75, 3.05) is 13.2 Å². The van der Waals surface area contributed by atoms with E-state index in [0.29, 0.717) is 25.6 Å². The van der Waals surface area contributed by atoms with E-state index in [1.807, 2.05) is 13.0 Å². The van der Waals surface area contributed by atoms with Gasteiger partial charge in [0.05, 0.1) is 19.1 Å². The van der Waals surface area contributed by atoms with E-state index in [4.69, 9.17) is 4.74 Å². The van der Waals surface area contributed by atoms with E-state index in [1.165, 1.54) is 0 Å². The third-order valence-electron chi connectivity index (χ3n) is 2.66. The van der Waals surface area contributed by atoms with Crippen LogP contribution in [0.15, 0.2) is 18.3 Å². The third-order valence-corrected chi connectivity index (χ3v) is 2.66. The standard InChI is InChI=1S/C12H16N2O3/c1-2-17-11-4-3-9(6-13-11)7-14-8-10(15)5-12(14)16/h3-4,6,10,15H,2,5,7-8H2,1H3. The zero-order chi connectivity index (χ0) is 12.3. The SMILES string of the molecule is CCOc1ccc(CN2CC(O)CC2=O)cn1. The van der Waals surface area contributed by atoms with Gasteiger partial charge in [0.25, 0.3) is 0 Å². The first-order chi connectivity index (χ1) is 8.19. The van der Waals surface area contributed by atoms with Gasteiger partial charge in [0, 0.05) is 25.4 Å². The van der Waals surface area contributed by atoms with Crippen molar-refractivity contribution in [1.29, 1.82) is 0 Å². The van der Waals surface area contributed by atoms with Gasteiger partial charge < -0.3 is 14.7 Å². The van der Waals surface area contributed by atoms with Gasteiger partial charge >= 0.3 is 0 Å². The molecule has 1 N–H and O–H groups in total. The molecule has 5 nitrogen and oxygen atoms in total. The highest BCUT2D eigenvalue weighted by atomic mass is 16.5. The molecule has 5 heteroatoms. The van der Waals surface area contributed by atoms with Gasteiger partial charge in [-0.1, -0.05) is 6.07 Å². The topological polar surface area (TPSA) is 62.7 Å². The van der Waals surface area contributed by atoms with Crippen LogP contribution in [-0.2, 0) is 11.3 Å². The highest BCUT2D eigenvalue weighted by Crippen LogP contribution is 2.15. The lowest BCUT2D eigenvalue weighted by Crippen LogP contribution is -2.25. The summed E-state index contributed by atoms with van der Waals surface area (Å²) in [4.78, 5) is 17.3. The lowest BCUT2D eigenvalue weighted by Gasteiger charge is -2.15. The molecule has 0 aliphatic carbocycles. The van der Waals surface area contributed by atoms with Crippen LogP contribution in [0.3, 0.4) is 0 Å².